The summed E-state index contributed by atoms with van der Waals surface area (Å²) in [7, 11) is 0. The molecule has 0 bridgehead atoms. The Balaban J connectivity index is 2.10. The first-order valence-corrected chi connectivity index (χ1v) is 5.63. The lowest BCUT2D eigenvalue weighted by atomic mass is 9.92. The van der Waals surface area contributed by atoms with E-state index in [0.29, 0.717) is 5.92 Å². The van der Waals surface area contributed by atoms with Crippen molar-refractivity contribution in [2.75, 3.05) is 19.6 Å². The van der Waals surface area contributed by atoms with Gasteiger partial charge in [-0.05, 0) is 30.3 Å². The molecule has 1 fully saturated rings. The topological polar surface area (TPSA) is 3.24 Å². The Morgan fingerprint density at radius 1 is 1.21 bits per heavy atom. The Bertz CT molecular complexity index is 312. The molecule has 76 valence electrons. The fraction of sp³-hybridized carbons (Fsp3) is 0.455. The molecule has 1 aromatic carbocycles. The average Bonchev–Trinajstić information content (AvgIpc) is 2.00. The van der Waals surface area contributed by atoms with Crippen LogP contribution in [0.25, 0.3) is 0 Å². The van der Waals surface area contributed by atoms with Gasteiger partial charge in [-0.15, -0.1) is 0 Å². The highest BCUT2D eigenvalue weighted by molar-refractivity contribution is 6.34. The third-order valence-corrected chi connectivity index (χ3v) is 3.20. The van der Waals surface area contributed by atoms with Gasteiger partial charge in [-0.1, -0.05) is 30.1 Å². The van der Waals surface area contributed by atoms with Crippen LogP contribution in [-0.4, -0.2) is 24.5 Å². The Kier molecular flexibility index (Phi) is 3.01. The van der Waals surface area contributed by atoms with E-state index < -0.39 is 0 Å². The van der Waals surface area contributed by atoms with Gasteiger partial charge in [0, 0.05) is 29.1 Å². The summed E-state index contributed by atoms with van der Waals surface area (Å²) in [4.78, 5) is 2.40. The van der Waals surface area contributed by atoms with E-state index in [9.17, 15) is 0 Å². The van der Waals surface area contributed by atoms with Gasteiger partial charge in [-0.3, -0.25) is 0 Å². The molecule has 1 saturated heterocycles. The predicted octanol–water partition coefficient (Wildman–Crippen LogP) is 3.41. The molecule has 0 N–H and O–H groups in total. The maximum atomic E-state index is 5.95. The molecule has 14 heavy (non-hydrogen) atoms. The van der Waals surface area contributed by atoms with Crippen LogP contribution in [0.5, 0.6) is 0 Å². The standard InChI is InChI=1S/C11H13Cl2N/c1-2-14-6-9(7-14)8-3-10(12)5-11(13)4-8/h3-5,9H,2,6-7H2,1H3. The summed E-state index contributed by atoms with van der Waals surface area (Å²) in [5, 5.41) is 1.48. The molecule has 0 saturated carbocycles. The zero-order valence-corrected chi connectivity index (χ0v) is 9.65. The predicted molar refractivity (Wildman–Crippen MR) is 61.3 cm³/mol. The van der Waals surface area contributed by atoms with Crippen LogP contribution in [0.15, 0.2) is 18.2 Å². The summed E-state index contributed by atoms with van der Waals surface area (Å²) in [5.41, 5.74) is 1.27. The zero-order chi connectivity index (χ0) is 10.1. The van der Waals surface area contributed by atoms with Crippen molar-refractivity contribution in [1.29, 1.82) is 0 Å². The second-order valence-corrected chi connectivity index (χ2v) is 4.62. The van der Waals surface area contributed by atoms with E-state index in [1.165, 1.54) is 5.56 Å². The van der Waals surface area contributed by atoms with Gasteiger partial charge < -0.3 is 4.90 Å². The molecule has 0 unspecified atom stereocenters. The van der Waals surface area contributed by atoms with Crippen LogP contribution in [0.1, 0.15) is 18.4 Å². The molecule has 0 radical (unpaired) electrons. The molecule has 1 aromatic rings. The van der Waals surface area contributed by atoms with E-state index >= 15 is 0 Å². The number of hydrogen-bond acceptors (Lipinski definition) is 1. The van der Waals surface area contributed by atoms with Gasteiger partial charge in [-0.25, -0.2) is 0 Å². The zero-order valence-electron chi connectivity index (χ0n) is 8.13. The van der Waals surface area contributed by atoms with Crippen molar-refractivity contribution in [3.8, 4) is 0 Å². The van der Waals surface area contributed by atoms with E-state index in [0.717, 1.165) is 29.7 Å². The van der Waals surface area contributed by atoms with Crippen LogP contribution in [0, 0.1) is 0 Å². The first-order chi connectivity index (χ1) is 6.69. The number of likely N-dealkylation sites (tertiary alicyclic amines) is 1. The minimum Gasteiger partial charge on any atom is -0.302 e. The van der Waals surface area contributed by atoms with Crippen molar-refractivity contribution >= 4 is 23.2 Å². The lowest BCUT2D eigenvalue weighted by Gasteiger charge is -2.38. The van der Waals surface area contributed by atoms with Gasteiger partial charge in [0.1, 0.15) is 0 Å². The fourth-order valence-electron chi connectivity index (χ4n) is 1.85. The molecule has 1 heterocycles. The number of nitrogens with zero attached hydrogens (tertiary/aromatic N) is 1. The van der Waals surface area contributed by atoms with Crippen molar-refractivity contribution in [1.82, 2.24) is 4.90 Å². The number of halogens is 2. The molecule has 0 atom stereocenters. The molecule has 0 amide bonds. The maximum absolute atomic E-state index is 5.95. The highest BCUT2D eigenvalue weighted by Crippen LogP contribution is 2.30. The molecule has 1 nitrogen and oxygen atoms in total. The molecule has 3 heteroatoms. The van der Waals surface area contributed by atoms with Crippen molar-refractivity contribution in [2.24, 2.45) is 0 Å². The lowest BCUT2D eigenvalue weighted by molar-refractivity contribution is 0.157. The van der Waals surface area contributed by atoms with Gasteiger partial charge >= 0.3 is 0 Å². The third kappa shape index (κ3) is 2.05. The SMILES string of the molecule is CCN1CC(c2cc(Cl)cc(Cl)c2)C1. The molecular formula is C11H13Cl2N. The minimum absolute atomic E-state index is 0.617. The van der Waals surface area contributed by atoms with Crippen molar-refractivity contribution in [2.45, 2.75) is 12.8 Å². The summed E-state index contributed by atoms with van der Waals surface area (Å²) in [6.07, 6.45) is 0. The van der Waals surface area contributed by atoms with E-state index in [-0.39, 0.29) is 0 Å². The van der Waals surface area contributed by atoms with E-state index in [1.54, 1.807) is 6.07 Å². The summed E-state index contributed by atoms with van der Waals surface area (Å²) in [6.45, 7) is 5.58. The maximum Gasteiger partial charge on any atom is 0.0423 e. The number of likely N-dealkylation sites (N-methyl/N-ethyl adjacent to an activating group) is 1. The summed E-state index contributed by atoms with van der Waals surface area (Å²) in [5.74, 6) is 0.617. The average molecular weight is 230 g/mol. The second kappa shape index (κ2) is 4.09. The van der Waals surface area contributed by atoms with Gasteiger partial charge in [0.25, 0.3) is 0 Å². The molecule has 1 aliphatic rings. The van der Waals surface area contributed by atoms with Crippen molar-refractivity contribution in [3.05, 3.63) is 33.8 Å². The molecule has 0 spiro atoms. The first-order valence-electron chi connectivity index (χ1n) is 4.87. The van der Waals surface area contributed by atoms with E-state index in [1.807, 2.05) is 12.1 Å². The second-order valence-electron chi connectivity index (χ2n) is 3.75. The van der Waals surface area contributed by atoms with Gasteiger partial charge in [0.05, 0.1) is 0 Å². The lowest BCUT2D eigenvalue weighted by Crippen LogP contribution is -2.44. The van der Waals surface area contributed by atoms with Crippen LogP contribution in [-0.2, 0) is 0 Å². The van der Waals surface area contributed by atoms with Crippen molar-refractivity contribution in [3.63, 3.8) is 0 Å². The molecule has 1 aliphatic heterocycles. The highest BCUT2D eigenvalue weighted by atomic mass is 35.5. The monoisotopic (exact) mass is 229 g/mol. The molecule has 2 rings (SSSR count). The van der Waals surface area contributed by atoms with Crippen LogP contribution < -0.4 is 0 Å². The summed E-state index contributed by atoms with van der Waals surface area (Å²) >= 11 is 11.9. The first kappa shape index (κ1) is 10.3. The van der Waals surface area contributed by atoms with Crippen LogP contribution in [0.4, 0.5) is 0 Å². The number of hydrogen-bond donors (Lipinski definition) is 0. The van der Waals surface area contributed by atoms with E-state index in [2.05, 4.69) is 11.8 Å². The highest BCUT2D eigenvalue weighted by Gasteiger charge is 2.26. The minimum atomic E-state index is 0.617. The van der Waals surface area contributed by atoms with Crippen molar-refractivity contribution < 1.29 is 0 Å². The number of benzene rings is 1. The van der Waals surface area contributed by atoms with Gasteiger partial charge in [0.15, 0.2) is 0 Å². The fourth-order valence-corrected chi connectivity index (χ4v) is 2.39. The third-order valence-electron chi connectivity index (χ3n) is 2.76. The molecule has 0 aliphatic carbocycles. The number of rotatable bonds is 2. The van der Waals surface area contributed by atoms with Crippen LogP contribution in [0.2, 0.25) is 10.0 Å². The Morgan fingerprint density at radius 2 is 1.79 bits per heavy atom. The largest absolute Gasteiger partial charge is 0.302 e. The summed E-state index contributed by atoms with van der Waals surface area (Å²) in [6, 6.07) is 5.82. The summed E-state index contributed by atoms with van der Waals surface area (Å²) < 4.78 is 0. The smallest absolute Gasteiger partial charge is 0.0423 e. The molecular weight excluding hydrogens is 217 g/mol. The van der Waals surface area contributed by atoms with Gasteiger partial charge in [-0.2, -0.15) is 0 Å². The van der Waals surface area contributed by atoms with E-state index in [4.69, 9.17) is 23.2 Å². The van der Waals surface area contributed by atoms with Crippen LogP contribution >= 0.6 is 23.2 Å². The van der Waals surface area contributed by atoms with Gasteiger partial charge in [0.2, 0.25) is 0 Å². The Morgan fingerprint density at radius 3 is 2.29 bits per heavy atom. The normalized spacial score (nSPS) is 18.2. The Hall–Kier alpha value is -0.240. The van der Waals surface area contributed by atoms with Crippen LogP contribution in [0.3, 0.4) is 0 Å². The Labute approximate surface area is 94.6 Å². The molecule has 0 aromatic heterocycles. The quantitative estimate of drug-likeness (QED) is 0.752.